The van der Waals surface area contributed by atoms with E-state index in [1.54, 1.807) is 11.8 Å². The molecule has 0 aromatic heterocycles. The Morgan fingerprint density at radius 2 is 2.00 bits per heavy atom. The SMILES string of the molecule is CCCC(CCC)(C(=O)N1CCC(C(C)O)C1)C(N)=NO. The van der Waals surface area contributed by atoms with Crippen LogP contribution in [0.1, 0.15) is 52.9 Å². The average Bonchev–Trinajstić information content (AvgIpc) is 2.95. The molecule has 2 unspecified atom stereocenters. The molecule has 2 atom stereocenters. The molecule has 6 heteroatoms. The van der Waals surface area contributed by atoms with E-state index >= 15 is 0 Å². The minimum atomic E-state index is -0.911. The molecule has 0 saturated carbocycles. The predicted molar refractivity (Wildman–Crippen MR) is 82.0 cm³/mol. The number of aliphatic hydroxyl groups is 1. The highest BCUT2D eigenvalue weighted by atomic mass is 16.4. The molecule has 0 radical (unpaired) electrons. The molecular weight excluding hydrogens is 270 g/mol. The second kappa shape index (κ2) is 7.64. The van der Waals surface area contributed by atoms with E-state index in [0.717, 1.165) is 19.3 Å². The fraction of sp³-hybridized carbons (Fsp3) is 0.867. The molecule has 1 rings (SSSR count). The molecule has 0 spiro atoms. The summed E-state index contributed by atoms with van der Waals surface area (Å²) in [6.07, 6.45) is 3.11. The van der Waals surface area contributed by atoms with E-state index in [0.29, 0.717) is 25.9 Å². The first-order valence-corrected chi connectivity index (χ1v) is 7.88. The van der Waals surface area contributed by atoms with Crippen molar-refractivity contribution in [1.82, 2.24) is 4.90 Å². The molecular formula is C15H29N3O3. The maximum atomic E-state index is 13.0. The van der Waals surface area contributed by atoms with Crippen LogP contribution in [0.15, 0.2) is 5.16 Å². The van der Waals surface area contributed by atoms with Crippen molar-refractivity contribution in [3.8, 4) is 0 Å². The quantitative estimate of drug-likeness (QED) is 0.287. The van der Waals surface area contributed by atoms with E-state index in [-0.39, 0.29) is 17.7 Å². The lowest BCUT2D eigenvalue weighted by Gasteiger charge is -2.34. The number of nitrogens with two attached hydrogens (primary N) is 1. The lowest BCUT2D eigenvalue weighted by atomic mass is 9.76. The Kier molecular flexibility index (Phi) is 6.45. The Bertz CT molecular complexity index is 376. The fourth-order valence-corrected chi connectivity index (χ4v) is 3.32. The Morgan fingerprint density at radius 3 is 2.38 bits per heavy atom. The van der Waals surface area contributed by atoms with Gasteiger partial charge in [0.25, 0.3) is 0 Å². The Morgan fingerprint density at radius 1 is 1.43 bits per heavy atom. The summed E-state index contributed by atoms with van der Waals surface area (Å²) in [5.74, 6) is 0.0588. The van der Waals surface area contributed by atoms with Gasteiger partial charge in [-0.1, -0.05) is 31.8 Å². The van der Waals surface area contributed by atoms with Gasteiger partial charge in [0.05, 0.1) is 6.10 Å². The van der Waals surface area contributed by atoms with Gasteiger partial charge in [0, 0.05) is 19.0 Å². The Balaban J connectivity index is 3.00. The van der Waals surface area contributed by atoms with Gasteiger partial charge in [-0.15, -0.1) is 0 Å². The van der Waals surface area contributed by atoms with Crippen molar-refractivity contribution in [1.29, 1.82) is 0 Å². The molecule has 0 aromatic rings. The minimum Gasteiger partial charge on any atom is -0.409 e. The third-order valence-electron chi connectivity index (χ3n) is 4.56. The molecule has 1 aliphatic rings. The van der Waals surface area contributed by atoms with E-state index in [1.165, 1.54) is 0 Å². The molecule has 0 aliphatic carbocycles. The van der Waals surface area contributed by atoms with Gasteiger partial charge in [-0.2, -0.15) is 0 Å². The van der Waals surface area contributed by atoms with Crippen LogP contribution >= 0.6 is 0 Å². The minimum absolute atomic E-state index is 0.0108. The van der Waals surface area contributed by atoms with Crippen LogP contribution in [0, 0.1) is 11.3 Å². The van der Waals surface area contributed by atoms with E-state index in [9.17, 15) is 9.90 Å². The van der Waals surface area contributed by atoms with Gasteiger partial charge in [0.1, 0.15) is 5.41 Å². The van der Waals surface area contributed by atoms with Gasteiger partial charge in [-0.05, 0) is 26.2 Å². The number of carbonyl (C=O) groups is 1. The highest BCUT2D eigenvalue weighted by Crippen LogP contribution is 2.35. The van der Waals surface area contributed by atoms with Crippen LogP contribution in [-0.2, 0) is 4.79 Å². The first-order valence-electron chi connectivity index (χ1n) is 7.88. The standard InChI is InChI=1S/C15H29N3O3/c1-4-7-15(8-5-2,13(16)17-21)14(20)18-9-6-12(10-18)11(3)19/h11-12,19,21H,4-10H2,1-3H3,(H2,16,17). The first kappa shape index (κ1) is 17.8. The average molecular weight is 299 g/mol. The summed E-state index contributed by atoms with van der Waals surface area (Å²) >= 11 is 0. The third-order valence-corrected chi connectivity index (χ3v) is 4.56. The molecule has 6 nitrogen and oxygen atoms in total. The van der Waals surface area contributed by atoms with Gasteiger partial charge in [-0.25, -0.2) is 0 Å². The Labute approximate surface area is 127 Å². The smallest absolute Gasteiger partial charge is 0.236 e. The van der Waals surface area contributed by atoms with Crippen molar-refractivity contribution in [2.45, 2.75) is 59.0 Å². The highest BCUT2D eigenvalue weighted by Gasteiger charge is 2.45. The summed E-state index contributed by atoms with van der Waals surface area (Å²) in [5, 5.41) is 21.9. The maximum Gasteiger partial charge on any atom is 0.236 e. The third kappa shape index (κ3) is 3.67. The van der Waals surface area contributed by atoms with Crippen LogP contribution < -0.4 is 5.73 Å². The number of oxime groups is 1. The van der Waals surface area contributed by atoms with Crippen LogP contribution in [0.5, 0.6) is 0 Å². The summed E-state index contributed by atoms with van der Waals surface area (Å²) in [6.45, 7) is 6.91. The molecule has 1 fully saturated rings. The normalized spacial score (nSPS) is 21.6. The van der Waals surface area contributed by atoms with E-state index in [2.05, 4.69) is 5.16 Å². The summed E-state index contributed by atoms with van der Waals surface area (Å²) < 4.78 is 0. The van der Waals surface area contributed by atoms with Crippen molar-refractivity contribution >= 4 is 11.7 Å². The molecule has 1 aliphatic heterocycles. The van der Waals surface area contributed by atoms with Gasteiger partial charge in [0.15, 0.2) is 5.84 Å². The molecule has 4 N–H and O–H groups in total. The second-order valence-electron chi connectivity index (χ2n) is 6.11. The van der Waals surface area contributed by atoms with E-state index in [1.807, 2.05) is 13.8 Å². The fourth-order valence-electron chi connectivity index (χ4n) is 3.32. The van der Waals surface area contributed by atoms with Crippen LogP contribution in [0.4, 0.5) is 0 Å². The number of hydrogen-bond donors (Lipinski definition) is 3. The summed E-state index contributed by atoms with van der Waals surface area (Å²) in [5.41, 5.74) is 4.98. The van der Waals surface area contributed by atoms with Gasteiger partial charge in [-0.3, -0.25) is 4.79 Å². The first-order chi connectivity index (χ1) is 9.92. The number of rotatable bonds is 7. The lowest BCUT2D eigenvalue weighted by molar-refractivity contribution is -0.138. The van der Waals surface area contributed by atoms with E-state index < -0.39 is 11.5 Å². The number of amides is 1. The number of carbonyl (C=O) groups excluding carboxylic acids is 1. The van der Waals surface area contributed by atoms with Crippen LogP contribution in [-0.4, -0.2) is 46.1 Å². The van der Waals surface area contributed by atoms with Gasteiger partial charge < -0.3 is 20.9 Å². The van der Waals surface area contributed by atoms with Crippen molar-refractivity contribution < 1.29 is 15.1 Å². The van der Waals surface area contributed by atoms with E-state index in [4.69, 9.17) is 10.9 Å². The van der Waals surface area contributed by atoms with Crippen LogP contribution in [0.25, 0.3) is 0 Å². The lowest BCUT2D eigenvalue weighted by Crippen LogP contribution is -2.51. The van der Waals surface area contributed by atoms with Crippen molar-refractivity contribution in [2.75, 3.05) is 13.1 Å². The van der Waals surface area contributed by atoms with Gasteiger partial charge >= 0.3 is 0 Å². The molecule has 0 bridgehead atoms. The second-order valence-corrected chi connectivity index (χ2v) is 6.11. The topological polar surface area (TPSA) is 99.2 Å². The number of aliphatic hydroxyl groups excluding tert-OH is 1. The maximum absolute atomic E-state index is 13.0. The molecule has 0 aromatic carbocycles. The number of nitrogens with zero attached hydrogens (tertiary/aromatic N) is 2. The largest absolute Gasteiger partial charge is 0.409 e. The summed E-state index contributed by atoms with van der Waals surface area (Å²) in [4.78, 5) is 14.8. The number of likely N-dealkylation sites (tertiary alicyclic amines) is 1. The summed E-state index contributed by atoms with van der Waals surface area (Å²) in [7, 11) is 0. The Hall–Kier alpha value is -1.30. The van der Waals surface area contributed by atoms with Crippen molar-refractivity contribution in [3.05, 3.63) is 0 Å². The molecule has 1 amide bonds. The number of amidine groups is 1. The van der Waals surface area contributed by atoms with Crippen LogP contribution in [0.2, 0.25) is 0 Å². The van der Waals surface area contributed by atoms with Crippen LogP contribution in [0.3, 0.4) is 0 Å². The predicted octanol–water partition coefficient (Wildman–Crippen LogP) is 1.55. The molecule has 21 heavy (non-hydrogen) atoms. The summed E-state index contributed by atoms with van der Waals surface area (Å²) in [6, 6.07) is 0. The highest BCUT2D eigenvalue weighted by molar-refractivity contribution is 6.06. The molecule has 122 valence electrons. The molecule has 1 saturated heterocycles. The zero-order chi connectivity index (χ0) is 16.0. The zero-order valence-electron chi connectivity index (χ0n) is 13.4. The molecule has 1 heterocycles. The zero-order valence-corrected chi connectivity index (χ0v) is 13.4. The van der Waals surface area contributed by atoms with Gasteiger partial charge in [0.2, 0.25) is 5.91 Å². The monoisotopic (exact) mass is 299 g/mol. The van der Waals surface area contributed by atoms with Crippen molar-refractivity contribution in [2.24, 2.45) is 22.2 Å². The number of hydrogen-bond acceptors (Lipinski definition) is 4. The van der Waals surface area contributed by atoms with Crippen molar-refractivity contribution in [3.63, 3.8) is 0 Å².